The number of rotatable bonds is 3. The first kappa shape index (κ1) is 18.2. The third-order valence-corrected chi connectivity index (χ3v) is 2.34. The van der Waals surface area contributed by atoms with E-state index in [1.165, 1.54) is 20.8 Å². The van der Waals surface area contributed by atoms with Crippen molar-refractivity contribution in [3.63, 3.8) is 0 Å². The molecular formula is C13H17F3O4. The molecule has 0 spiro atoms. The predicted octanol–water partition coefficient (Wildman–Crippen LogP) is 3.10. The molecule has 0 aliphatic carbocycles. The van der Waals surface area contributed by atoms with Crippen LogP contribution >= 0.6 is 0 Å². The third-order valence-electron chi connectivity index (χ3n) is 2.34. The molecule has 0 saturated heterocycles. The van der Waals surface area contributed by atoms with E-state index in [9.17, 15) is 27.9 Å². The number of aliphatic hydroxyl groups excluding tert-OH is 1. The van der Waals surface area contributed by atoms with E-state index in [4.69, 9.17) is 0 Å². The number of carbonyl (C=O) groups excluding carboxylic acids is 2. The summed E-state index contributed by atoms with van der Waals surface area (Å²) in [6.07, 6.45) is -4.67. The Hall–Kier alpha value is -1.79. The fourth-order valence-electron chi connectivity index (χ4n) is 1.20. The van der Waals surface area contributed by atoms with Gasteiger partial charge >= 0.3 is 12.1 Å². The second-order valence-electron chi connectivity index (χ2n) is 5.12. The zero-order valence-electron chi connectivity index (χ0n) is 11.9. The molecule has 0 atom stereocenters. The lowest BCUT2D eigenvalue weighted by Crippen LogP contribution is -2.25. The molecule has 114 valence electrons. The Bertz CT molecular complexity index is 461. The minimum Gasteiger partial charge on any atom is -0.512 e. The zero-order chi connectivity index (χ0) is 16.3. The fourth-order valence-corrected chi connectivity index (χ4v) is 1.20. The van der Waals surface area contributed by atoms with Crippen LogP contribution in [0.3, 0.4) is 0 Å². The molecular weight excluding hydrogens is 277 g/mol. The molecule has 20 heavy (non-hydrogen) atoms. The van der Waals surface area contributed by atoms with Crippen LogP contribution in [0.2, 0.25) is 0 Å². The summed E-state index contributed by atoms with van der Waals surface area (Å²) in [7, 11) is 0.880. The Morgan fingerprint density at radius 2 is 1.60 bits per heavy atom. The van der Waals surface area contributed by atoms with Gasteiger partial charge in [-0.3, -0.25) is 4.79 Å². The van der Waals surface area contributed by atoms with E-state index in [1.807, 2.05) is 0 Å². The summed E-state index contributed by atoms with van der Waals surface area (Å²) >= 11 is 0. The molecule has 1 N–H and O–H groups in total. The van der Waals surface area contributed by atoms with Gasteiger partial charge in [-0.1, -0.05) is 20.8 Å². The first-order chi connectivity index (χ1) is 8.82. The Morgan fingerprint density at radius 1 is 1.15 bits per heavy atom. The normalized spacial score (nSPS) is 14.7. The standard InChI is InChI=1S/C13H17F3O4/c1-7(17)10(11(19)20-5)8(13(14,15)16)6-9(18)12(2,3)4/h6,17H,1-5H3/b8-6-,10-7+. The van der Waals surface area contributed by atoms with Crippen LogP contribution in [0.5, 0.6) is 0 Å². The topological polar surface area (TPSA) is 63.6 Å². The highest BCUT2D eigenvalue weighted by atomic mass is 19.4. The summed E-state index contributed by atoms with van der Waals surface area (Å²) in [6, 6.07) is 0. The van der Waals surface area contributed by atoms with Crippen LogP contribution in [-0.2, 0) is 14.3 Å². The number of hydrogen-bond acceptors (Lipinski definition) is 4. The minimum absolute atomic E-state index is 0.311. The second kappa shape index (κ2) is 6.11. The van der Waals surface area contributed by atoms with Gasteiger partial charge in [0.25, 0.3) is 0 Å². The lowest BCUT2D eigenvalue weighted by Gasteiger charge is -2.18. The van der Waals surface area contributed by atoms with Crippen molar-refractivity contribution in [2.24, 2.45) is 5.41 Å². The number of halogens is 3. The molecule has 0 heterocycles. The van der Waals surface area contributed by atoms with Gasteiger partial charge in [-0.25, -0.2) is 4.79 Å². The van der Waals surface area contributed by atoms with Crippen molar-refractivity contribution in [3.05, 3.63) is 23.0 Å². The number of alkyl halides is 3. The summed E-state index contributed by atoms with van der Waals surface area (Å²) in [5.41, 5.74) is -3.65. The Labute approximate surface area is 114 Å². The highest BCUT2D eigenvalue weighted by Gasteiger charge is 2.41. The largest absolute Gasteiger partial charge is 0.512 e. The summed E-state index contributed by atoms with van der Waals surface area (Å²) in [4.78, 5) is 23.1. The van der Waals surface area contributed by atoms with Gasteiger partial charge in [0, 0.05) is 5.41 Å². The highest BCUT2D eigenvalue weighted by Crippen LogP contribution is 2.34. The number of carbonyl (C=O) groups is 2. The van der Waals surface area contributed by atoms with Crippen LogP contribution < -0.4 is 0 Å². The van der Waals surface area contributed by atoms with Crippen molar-refractivity contribution in [1.82, 2.24) is 0 Å². The van der Waals surface area contributed by atoms with Gasteiger partial charge in [-0.15, -0.1) is 0 Å². The van der Waals surface area contributed by atoms with Crippen molar-refractivity contribution in [2.75, 3.05) is 7.11 Å². The average Bonchev–Trinajstić information content (AvgIpc) is 2.24. The lowest BCUT2D eigenvalue weighted by atomic mass is 9.88. The number of ether oxygens (including phenoxy) is 1. The van der Waals surface area contributed by atoms with Gasteiger partial charge in [-0.2, -0.15) is 13.2 Å². The molecule has 0 rings (SSSR count). The van der Waals surface area contributed by atoms with E-state index in [1.54, 1.807) is 0 Å². The van der Waals surface area contributed by atoms with Crippen molar-refractivity contribution in [3.8, 4) is 0 Å². The van der Waals surface area contributed by atoms with Crippen LogP contribution in [0.1, 0.15) is 27.7 Å². The molecule has 0 unspecified atom stereocenters. The van der Waals surface area contributed by atoms with Crippen LogP contribution in [0.15, 0.2) is 23.0 Å². The van der Waals surface area contributed by atoms with Crippen LogP contribution in [0, 0.1) is 5.41 Å². The SMILES string of the molecule is COC(=O)C(/C(=C/C(=O)C(C)(C)C)C(F)(F)F)=C(\C)O. The fraction of sp³-hybridized carbons (Fsp3) is 0.538. The maximum atomic E-state index is 13.0. The van der Waals surface area contributed by atoms with Gasteiger partial charge in [0.2, 0.25) is 0 Å². The number of aliphatic hydroxyl groups is 1. The van der Waals surface area contributed by atoms with Gasteiger partial charge < -0.3 is 9.84 Å². The molecule has 0 bridgehead atoms. The summed E-state index contributed by atoms with van der Waals surface area (Å²) in [5, 5.41) is 9.29. The Balaban J connectivity index is 6.09. The zero-order valence-corrected chi connectivity index (χ0v) is 11.9. The number of ketones is 1. The summed E-state index contributed by atoms with van der Waals surface area (Å²) < 4.78 is 43.2. The van der Waals surface area contributed by atoms with Crippen molar-refractivity contribution in [2.45, 2.75) is 33.9 Å². The molecule has 7 heteroatoms. The van der Waals surface area contributed by atoms with Crippen molar-refractivity contribution < 1.29 is 32.6 Å². The number of allylic oxidation sites excluding steroid dienone is 2. The monoisotopic (exact) mass is 294 g/mol. The maximum absolute atomic E-state index is 13.0. The smallest absolute Gasteiger partial charge is 0.417 e. The highest BCUT2D eigenvalue weighted by molar-refractivity contribution is 6.00. The molecule has 0 amide bonds. The van der Waals surface area contributed by atoms with Gasteiger partial charge in [0.15, 0.2) is 5.78 Å². The van der Waals surface area contributed by atoms with E-state index >= 15 is 0 Å². The molecule has 0 aromatic heterocycles. The maximum Gasteiger partial charge on any atom is 0.417 e. The average molecular weight is 294 g/mol. The summed E-state index contributed by atoms with van der Waals surface area (Å²) in [5.74, 6) is -3.06. The first-order valence-corrected chi connectivity index (χ1v) is 5.64. The summed E-state index contributed by atoms with van der Waals surface area (Å²) in [6.45, 7) is 5.22. The van der Waals surface area contributed by atoms with Gasteiger partial charge in [0.05, 0.1) is 12.7 Å². The predicted molar refractivity (Wildman–Crippen MR) is 65.9 cm³/mol. The molecule has 0 aromatic carbocycles. The van der Waals surface area contributed by atoms with E-state index in [0.29, 0.717) is 6.08 Å². The number of methoxy groups -OCH3 is 1. The molecule has 0 aliphatic rings. The lowest BCUT2D eigenvalue weighted by molar-refractivity contribution is -0.138. The Morgan fingerprint density at radius 3 is 1.85 bits per heavy atom. The van der Waals surface area contributed by atoms with Crippen molar-refractivity contribution >= 4 is 11.8 Å². The molecule has 4 nitrogen and oxygen atoms in total. The van der Waals surface area contributed by atoms with Crippen LogP contribution in [0.4, 0.5) is 13.2 Å². The molecule has 0 aromatic rings. The Kier molecular flexibility index (Phi) is 5.56. The number of esters is 1. The van der Waals surface area contributed by atoms with E-state index < -0.39 is 40.2 Å². The molecule has 0 fully saturated rings. The van der Waals surface area contributed by atoms with Gasteiger partial charge in [0.1, 0.15) is 11.3 Å². The molecule has 0 saturated carbocycles. The van der Waals surface area contributed by atoms with Gasteiger partial charge in [-0.05, 0) is 13.0 Å². The van der Waals surface area contributed by atoms with Crippen LogP contribution in [-0.4, -0.2) is 30.1 Å². The van der Waals surface area contributed by atoms with E-state index in [0.717, 1.165) is 14.0 Å². The minimum atomic E-state index is -4.98. The van der Waals surface area contributed by atoms with E-state index in [2.05, 4.69) is 4.74 Å². The van der Waals surface area contributed by atoms with E-state index in [-0.39, 0.29) is 0 Å². The molecule has 0 radical (unpaired) electrons. The quantitative estimate of drug-likeness (QED) is 0.376. The number of hydrogen-bond donors (Lipinski definition) is 1. The first-order valence-electron chi connectivity index (χ1n) is 5.64. The molecule has 0 aliphatic heterocycles. The van der Waals surface area contributed by atoms with Crippen molar-refractivity contribution in [1.29, 1.82) is 0 Å². The third kappa shape index (κ3) is 4.71. The van der Waals surface area contributed by atoms with Crippen LogP contribution in [0.25, 0.3) is 0 Å². The second-order valence-corrected chi connectivity index (χ2v) is 5.12.